The van der Waals surface area contributed by atoms with E-state index in [2.05, 4.69) is 33.0 Å². The van der Waals surface area contributed by atoms with Crippen LogP contribution in [-0.2, 0) is 16.0 Å². The summed E-state index contributed by atoms with van der Waals surface area (Å²) in [5.41, 5.74) is 6.10. The van der Waals surface area contributed by atoms with E-state index in [4.69, 9.17) is 17.3 Å². The molecule has 2 aliphatic heterocycles. The molecule has 3 rings (SSSR count). The lowest BCUT2D eigenvalue weighted by Gasteiger charge is -2.50. The van der Waals surface area contributed by atoms with Gasteiger partial charge in [-0.05, 0) is 70.6 Å². The van der Waals surface area contributed by atoms with E-state index in [1.807, 2.05) is 24.3 Å². The first-order valence-corrected chi connectivity index (χ1v) is 10.4. The summed E-state index contributed by atoms with van der Waals surface area (Å²) in [4.78, 5) is 26.8. The number of hydrogen-bond acceptors (Lipinski definition) is 3. The Hall–Kier alpha value is -1.59. The molecule has 1 aromatic rings. The van der Waals surface area contributed by atoms with Crippen molar-refractivity contribution in [2.75, 3.05) is 13.1 Å². The summed E-state index contributed by atoms with van der Waals surface area (Å²) in [5.74, 6) is 0.140. The van der Waals surface area contributed by atoms with Crippen LogP contribution < -0.4 is 11.1 Å². The van der Waals surface area contributed by atoms with Crippen molar-refractivity contribution in [1.29, 1.82) is 0 Å². The van der Waals surface area contributed by atoms with Crippen molar-refractivity contribution in [3.05, 3.63) is 34.9 Å². The average Bonchev–Trinajstić information content (AvgIpc) is 2.48. The fourth-order valence-corrected chi connectivity index (χ4v) is 5.39. The summed E-state index contributed by atoms with van der Waals surface area (Å²) in [6.07, 6.45) is 3.02. The second kappa shape index (κ2) is 7.34. The number of primary amides is 1. The lowest BCUT2D eigenvalue weighted by molar-refractivity contribution is -0.152. The van der Waals surface area contributed by atoms with Crippen molar-refractivity contribution < 1.29 is 9.59 Å². The molecule has 154 valence electrons. The summed E-state index contributed by atoms with van der Waals surface area (Å²) in [7, 11) is 0. The Morgan fingerprint density at radius 3 is 2.14 bits per heavy atom. The van der Waals surface area contributed by atoms with E-state index in [-0.39, 0.29) is 22.9 Å². The molecule has 2 aliphatic rings. The van der Waals surface area contributed by atoms with Crippen LogP contribution in [0.15, 0.2) is 24.3 Å². The van der Waals surface area contributed by atoms with Crippen LogP contribution in [0, 0.1) is 11.3 Å². The Balaban J connectivity index is 1.61. The number of nitrogens with zero attached hydrogens (tertiary/aromatic N) is 1. The number of hydrogen-bond donors (Lipinski definition) is 2. The first-order chi connectivity index (χ1) is 12.9. The van der Waals surface area contributed by atoms with Crippen LogP contribution in [-0.4, -0.2) is 40.9 Å². The smallest absolute Gasteiger partial charge is 0.227 e. The molecule has 0 aliphatic carbocycles. The molecule has 0 saturated carbocycles. The van der Waals surface area contributed by atoms with Gasteiger partial charge < -0.3 is 16.0 Å². The molecule has 0 aromatic heterocycles. The number of nitrogens with one attached hydrogen (secondary N) is 1. The fourth-order valence-electron chi connectivity index (χ4n) is 5.26. The third-order valence-corrected chi connectivity index (χ3v) is 6.31. The number of likely N-dealkylation sites (tertiary alicyclic amines) is 1. The van der Waals surface area contributed by atoms with E-state index in [9.17, 15) is 9.59 Å². The number of carbonyl (C=O) groups is 2. The monoisotopic (exact) mass is 405 g/mol. The topological polar surface area (TPSA) is 75.4 Å². The Bertz CT molecular complexity index is 736. The van der Waals surface area contributed by atoms with Gasteiger partial charge in [0.2, 0.25) is 11.8 Å². The van der Waals surface area contributed by atoms with Crippen molar-refractivity contribution in [1.82, 2.24) is 10.2 Å². The van der Waals surface area contributed by atoms with Crippen LogP contribution in [0.25, 0.3) is 0 Å². The van der Waals surface area contributed by atoms with Crippen LogP contribution in [0.2, 0.25) is 5.02 Å². The Morgan fingerprint density at radius 1 is 1.11 bits per heavy atom. The number of amides is 2. The van der Waals surface area contributed by atoms with Crippen molar-refractivity contribution >= 4 is 23.4 Å². The molecule has 0 unspecified atom stereocenters. The number of carbonyl (C=O) groups excluding carboxylic acids is 2. The number of rotatable bonds is 5. The standard InChI is InChI=1S/C22H32ClN3O2/c1-20(2)10-16(11-21(3,4)25-20)9-18(27)26-13-22(14-26,19(24)28)12-15-5-7-17(23)8-6-15/h5-8,16,25H,9-14H2,1-4H3,(H2,24,28). The SMILES string of the molecule is CC1(C)CC(CC(=O)N2CC(Cc3ccc(Cl)cc3)(C(N)=O)C2)CC(C)(C)N1. The van der Waals surface area contributed by atoms with Gasteiger partial charge in [0.05, 0.1) is 5.41 Å². The van der Waals surface area contributed by atoms with Gasteiger partial charge in [0.25, 0.3) is 0 Å². The zero-order valence-electron chi connectivity index (χ0n) is 17.3. The predicted molar refractivity (Wildman–Crippen MR) is 112 cm³/mol. The third kappa shape index (κ3) is 4.69. The molecule has 0 radical (unpaired) electrons. The maximum absolute atomic E-state index is 12.9. The van der Waals surface area contributed by atoms with E-state index in [0.29, 0.717) is 36.9 Å². The van der Waals surface area contributed by atoms with Crippen LogP contribution in [0.1, 0.15) is 52.5 Å². The number of nitrogens with two attached hydrogens (primary N) is 1. The molecule has 0 bridgehead atoms. The van der Waals surface area contributed by atoms with Gasteiger partial charge in [0.1, 0.15) is 0 Å². The highest BCUT2D eigenvalue weighted by molar-refractivity contribution is 6.30. The molecule has 2 saturated heterocycles. The minimum Gasteiger partial charge on any atom is -0.369 e. The first-order valence-electron chi connectivity index (χ1n) is 10.0. The quantitative estimate of drug-likeness (QED) is 0.790. The first kappa shape index (κ1) is 21.1. The summed E-state index contributed by atoms with van der Waals surface area (Å²) < 4.78 is 0. The van der Waals surface area contributed by atoms with E-state index >= 15 is 0 Å². The number of halogens is 1. The summed E-state index contributed by atoms with van der Waals surface area (Å²) in [6.45, 7) is 9.58. The maximum atomic E-state index is 12.9. The lowest BCUT2D eigenvalue weighted by Crippen LogP contribution is -2.65. The largest absolute Gasteiger partial charge is 0.369 e. The molecule has 0 spiro atoms. The van der Waals surface area contributed by atoms with Gasteiger partial charge in [0.15, 0.2) is 0 Å². The van der Waals surface area contributed by atoms with E-state index < -0.39 is 5.41 Å². The summed E-state index contributed by atoms with van der Waals surface area (Å²) >= 11 is 5.94. The normalized spacial score (nSPS) is 23.1. The Kier molecular flexibility index (Phi) is 5.54. The van der Waals surface area contributed by atoms with Crippen LogP contribution in [0.4, 0.5) is 0 Å². The highest BCUT2D eigenvalue weighted by Crippen LogP contribution is 2.38. The van der Waals surface area contributed by atoms with Crippen LogP contribution in [0.3, 0.4) is 0 Å². The molecule has 0 atom stereocenters. The van der Waals surface area contributed by atoms with Crippen molar-refractivity contribution in [2.45, 2.75) is 64.5 Å². The second-order valence-electron chi connectivity index (χ2n) is 10.1. The Labute approximate surface area is 173 Å². The second-order valence-corrected chi connectivity index (χ2v) is 10.5. The molecule has 3 N–H and O–H groups in total. The van der Waals surface area contributed by atoms with Crippen molar-refractivity contribution in [3.63, 3.8) is 0 Å². The highest BCUT2D eigenvalue weighted by atomic mass is 35.5. The minimum absolute atomic E-state index is 0.0210. The van der Waals surface area contributed by atoms with Gasteiger partial charge in [-0.1, -0.05) is 23.7 Å². The van der Waals surface area contributed by atoms with Gasteiger partial charge in [-0.2, -0.15) is 0 Å². The zero-order chi connectivity index (χ0) is 20.7. The number of benzene rings is 1. The van der Waals surface area contributed by atoms with Crippen LogP contribution in [0.5, 0.6) is 0 Å². The predicted octanol–water partition coefficient (Wildman–Crippen LogP) is 3.14. The van der Waals surface area contributed by atoms with Crippen molar-refractivity contribution in [3.8, 4) is 0 Å². The van der Waals surface area contributed by atoms with Gasteiger partial charge in [0, 0.05) is 35.6 Å². The molecule has 6 heteroatoms. The Morgan fingerprint density at radius 2 is 1.64 bits per heavy atom. The summed E-state index contributed by atoms with van der Waals surface area (Å²) in [5, 5.41) is 4.32. The molecular formula is C22H32ClN3O2. The summed E-state index contributed by atoms with van der Waals surface area (Å²) in [6, 6.07) is 7.45. The van der Waals surface area contributed by atoms with E-state index in [1.165, 1.54) is 0 Å². The highest BCUT2D eigenvalue weighted by Gasteiger charge is 2.50. The van der Waals surface area contributed by atoms with Gasteiger partial charge in [-0.15, -0.1) is 0 Å². The molecular weight excluding hydrogens is 374 g/mol. The zero-order valence-corrected chi connectivity index (χ0v) is 18.1. The lowest BCUT2D eigenvalue weighted by atomic mass is 9.72. The molecule has 2 heterocycles. The molecule has 5 nitrogen and oxygen atoms in total. The minimum atomic E-state index is -0.670. The van der Waals surface area contributed by atoms with Crippen molar-refractivity contribution in [2.24, 2.45) is 17.1 Å². The van der Waals surface area contributed by atoms with Gasteiger partial charge in [-0.3, -0.25) is 9.59 Å². The average molecular weight is 406 g/mol. The number of piperidine rings is 1. The molecule has 28 heavy (non-hydrogen) atoms. The van der Waals surface area contributed by atoms with E-state index in [1.54, 1.807) is 4.90 Å². The maximum Gasteiger partial charge on any atom is 0.227 e. The van der Waals surface area contributed by atoms with Gasteiger partial charge >= 0.3 is 0 Å². The van der Waals surface area contributed by atoms with Gasteiger partial charge in [-0.25, -0.2) is 0 Å². The molecule has 2 amide bonds. The molecule has 1 aromatic carbocycles. The third-order valence-electron chi connectivity index (χ3n) is 6.06. The van der Waals surface area contributed by atoms with Crippen LogP contribution >= 0.6 is 11.6 Å². The fraction of sp³-hybridized carbons (Fsp3) is 0.636. The van der Waals surface area contributed by atoms with E-state index in [0.717, 1.165) is 18.4 Å². The molecule has 2 fully saturated rings.